The van der Waals surface area contributed by atoms with Crippen LogP contribution in [0, 0.1) is 11.8 Å². The van der Waals surface area contributed by atoms with Gasteiger partial charge >= 0.3 is 17.6 Å². The molecule has 0 fully saturated rings. The predicted octanol–water partition coefficient (Wildman–Crippen LogP) is 10.6. The number of aliphatic imine (C=N–C) groups is 2. The molecule has 0 aliphatic heterocycles. The van der Waals surface area contributed by atoms with Gasteiger partial charge in [-0.1, -0.05) is 53.4 Å². The average molecular weight is 819 g/mol. The first kappa shape index (κ1) is 56.5. The molecule has 0 aromatic rings. The summed E-state index contributed by atoms with van der Waals surface area (Å²) in [5, 5.41) is 7.16. The maximum atomic E-state index is 5.92. The van der Waals surface area contributed by atoms with Crippen molar-refractivity contribution in [3.63, 3.8) is 0 Å². The molecule has 0 aliphatic rings. The Morgan fingerprint density at radius 3 is 1.09 bits per heavy atom. The summed E-state index contributed by atoms with van der Waals surface area (Å²) in [7, 11) is 0.238. The van der Waals surface area contributed by atoms with Crippen LogP contribution in [0.4, 0.5) is 0 Å². The minimum Gasteiger partial charge on any atom is -0.377 e. The molecule has 0 rings (SSSR count). The van der Waals surface area contributed by atoms with Crippen molar-refractivity contribution in [1.29, 1.82) is 0 Å². The van der Waals surface area contributed by atoms with Crippen molar-refractivity contribution in [2.24, 2.45) is 21.8 Å². The van der Waals surface area contributed by atoms with Crippen LogP contribution in [0.3, 0.4) is 0 Å². The van der Waals surface area contributed by atoms with Crippen molar-refractivity contribution >= 4 is 29.0 Å². The summed E-state index contributed by atoms with van der Waals surface area (Å²) in [5.74, 6) is 1.38. The van der Waals surface area contributed by atoms with Gasteiger partial charge in [0.25, 0.3) is 0 Å². The van der Waals surface area contributed by atoms with Crippen molar-refractivity contribution in [2.45, 2.75) is 190 Å². The minimum absolute atomic E-state index is 0.409. The van der Waals surface area contributed by atoms with Gasteiger partial charge in [0.15, 0.2) is 0 Å². The van der Waals surface area contributed by atoms with Crippen LogP contribution >= 0.6 is 0 Å². The lowest BCUT2D eigenvalue weighted by molar-refractivity contribution is 0.0706. The number of hydrogen-bond acceptors (Lipinski definition) is 10. The molecule has 0 aromatic carbocycles. The summed E-state index contributed by atoms with van der Waals surface area (Å²) in [4.78, 5) is 9.59. The number of rotatable bonds is 37. The first-order chi connectivity index (χ1) is 26.3. The van der Waals surface area contributed by atoms with E-state index in [1.54, 1.807) is 21.3 Å². The molecule has 0 bridgehead atoms. The predicted molar refractivity (Wildman–Crippen MR) is 242 cm³/mol. The average Bonchev–Trinajstić information content (AvgIpc) is 3.11. The maximum Gasteiger partial charge on any atom is 0.500 e. The molecule has 0 heterocycles. The molecule has 0 aromatic heterocycles. The van der Waals surface area contributed by atoms with E-state index < -0.39 is 17.6 Å². The second-order valence-electron chi connectivity index (χ2n) is 16.1. The summed E-state index contributed by atoms with van der Waals surface area (Å²) >= 11 is 0. The van der Waals surface area contributed by atoms with Gasteiger partial charge in [-0.3, -0.25) is 9.98 Å². The molecule has 2 N–H and O–H groups in total. The van der Waals surface area contributed by atoms with Gasteiger partial charge in [0.1, 0.15) is 0 Å². The Kier molecular flexibility index (Phi) is 38.8. The molecule has 0 spiro atoms. The van der Waals surface area contributed by atoms with Crippen molar-refractivity contribution in [1.82, 2.24) is 10.6 Å². The summed E-state index contributed by atoms with van der Waals surface area (Å²) in [5.41, 5.74) is 2.78. The van der Waals surface area contributed by atoms with E-state index in [0.717, 1.165) is 76.8 Å². The van der Waals surface area contributed by atoms with Crippen LogP contribution in [0.15, 0.2) is 9.98 Å². The molecule has 0 saturated heterocycles. The molecule has 0 saturated carbocycles. The summed E-state index contributed by atoms with van der Waals surface area (Å²) in [6.07, 6.45) is 16.5. The van der Waals surface area contributed by atoms with Gasteiger partial charge in [0.2, 0.25) is 0 Å². The van der Waals surface area contributed by atoms with Crippen LogP contribution in [-0.4, -0.2) is 108 Å². The third-order valence-electron chi connectivity index (χ3n) is 9.01. The first-order valence-corrected chi connectivity index (χ1v) is 26.2. The van der Waals surface area contributed by atoms with Gasteiger partial charge in [-0.15, -0.1) is 0 Å². The van der Waals surface area contributed by atoms with Crippen molar-refractivity contribution < 1.29 is 26.6 Å². The van der Waals surface area contributed by atoms with E-state index in [1.165, 1.54) is 62.8 Å². The van der Waals surface area contributed by atoms with Gasteiger partial charge in [0.05, 0.1) is 0 Å². The second kappa shape index (κ2) is 37.7. The number of unbranched alkanes of at least 4 members (excludes halogenated alkanes) is 6. The van der Waals surface area contributed by atoms with Crippen molar-refractivity contribution in [3.8, 4) is 0 Å². The van der Waals surface area contributed by atoms with Gasteiger partial charge < -0.3 is 37.2 Å². The monoisotopic (exact) mass is 819 g/mol. The van der Waals surface area contributed by atoms with E-state index in [1.807, 2.05) is 20.8 Å². The lowest BCUT2D eigenvalue weighted by Crippen LogP contribution is -2.45. The van der Waals surface area contributed by atoms with Crippen LogP contribution in [0.2, 0.25) is 12.1 Å². The summed E-state index contributed by atoms with van der Waals surface area (Å²) < 4.78 is 34.1. The standard InChI is InChI=1S/C23H50N2O3Si.C20H44N2O3Si/c1-8-26-29(27-9-2,28-10-3)19-14-12-11-13-17-24-18-15-16-23(20-21(4)5)25-22(6)7;1-18(2)17-20(22-19(3)4)13-12-15-21-14-10-8-9-11-16-26(23-5,24-6)25-7/h21-22,24H,8-20H2,1-7H3;18-19,21H,8-17H2,1-7H3. The molecular formula is C43H94N4O6Si2. The second-order valence-corrected chi connectivity index (χ2v) is 21.9. The van der Waals surface area contributed by atoms with Gasteiger partial charge in [-0.25, -0.2) is 0 Å². The Balaban J connectivity index is 0. The van der Waals surface area contributed by atoms with Crippen LogP contribution < -0.4 is 10.6 Å². The zero-order valence-corrected chi connectivity index (χ0v) is 40.9. The van der Waals surface area contributed by atoms with Gasteiger partial charge in [0, 0.05) is 76.7 Å². The molecule has 10 nitrogen and oxygen atoms in total. The van der Waals surface area contributed by atoms with E-state index in [0.29, 0.717) is 43.7 Å². The van der Waals surface area contributed by atoms with Crippen LogP contribution in [-0.2, 0) is 26.6 Å². The van der Waals surface area contributed by atoms with E-state index in [2.05, 4.69) is 66.0 Å². The topological polar surface area (TPSA) is 104 Å². The third-order valence-corrected chi connectivity index (χ3v) is 15.0. The van der Waals surface area contributed by atoms with Crippen LogP contribution in [0.1, 0.15) is 166 Å². The van der Waals surface area contributed by atoms with Gasteiger partial charge in [-0.05, 0) is 151 Å². The van der Waals surface area contributed by atoms with E-state index in [-0.39, 0.29) is 0 Å². The SMILES string of the molecule is CCO[Si](CCCCCCNCCCC(CC(C)C)=NC(C)C)(OCC)OCC.CO[Si](CCCCCCNCCCC(CC(C)C)=NC(C)C)(OC)OC. The molecule has 55 heavy (non-hydrogen) atoms. The Labute approximate surface area is 344 Å². The quantitative estimate of drug-likeness (QED) is 0.0363. The maximum absolute atomic E-state index is 5.92. The molecule has 12 heteroatoms. The fraction of sp³-hybridized carbons (Fsp3) is 0.953. The largest absolute Gasteiger partial charge is 0.500 e. The van der Waals surface area contributed by atoms with E-state index in [9.17, 15) is 0 Å². The molecule has 0 radical (unpaired) electrons. The molecular weight excluding hydrogens is 725 g/mol. The highest BCUT2D eigenvalue weighted by atomic mass is 28.4. The number of hydrogen-bond donors (Lipinski definition) is 2. The zero-order chi connectivity index (χ0) is 41.8. The normalized spacial score (nSPS) is 13.1. The third kappa shape index (κ3) is 34.1. The number of nitrogens with one attached hydrogen (secondary N) is 2. The Bertz CT molecular complexity index is 879. The summed E-state index contributed by atoms with van der Waals surface area (Å²) in [6, 6.07) is 2.65. The fourth-order valence-electron chi connectivity index (χ4n) is 6.64. The summed E-state index contributed by atoms with van der Waals surface area (Å²) in [6.45, 7) is 30.2. The van der Waals surface area contributed by atoms with E-state index >= 15 is 0 Å². The lowest BCUT2D eigenvalue weighted by atomic mass is 10.0. The van der Waals surface area contributed by atoms with Crippen LogP contribution in [0.25, 0.3) is 0 Å². The molecule has 0 unspecified atom stereocenters. The highest BCUT2D eigenvalue weighted by Gasteiger charge is 2.39. The molecule has 0 atom stereocenters. The smallest absolute Gasteiger partial charge is 0.377 e. The fourth-order valence-corrected chi connectivity index (χ4v) is 11.1. The zero-order valence-electron chi connectivity index (χ0n) is 38.9. The van der Waals surface area contributed by atoms with Crippen molar-refractivity contribution in [3.05, 3.63) is 0 Å². The minimum atomic E-state index is -2.44. The van der Waals surface area contributed by atoms with Crippen LogP contribution in [0.5, 0.6) is 0 Å². The molecule has 0 aliphatic carbocycles. The highest BCUT2D eigenvalue weighted by Crippen LogP contribution is 2.21. The Hall–Kier alpha value is -0.546. The first-order valence-electron chi connectivity index (χ1n) is 22.4. The highest BCUT2D eigenvalue weighted by molar-refractivity contribution is 6.61. The molecule has 0 amide bonds. The number of nitrogens with zero attached hydrogens (tertiary/aromatic N) is 2. The Morgan fingerprint density at radius 1 is 0.455 bits per heavy atom. The Morgan fingerprint density at radius 2 is 0.782 bits per heavy atom. The lowest BCUT2D eigenvalue weighted by Gasteiger charge is -2.28. The van der Waals surface area contributed by atoms with Crippen molar-refractivity contribution in [2.75, 3.05) is 67.3 Å². The van der Waals surface area contributed by atoms with Gasteiger partial charge in [-0.2, -0.15) is 0 Å². The molecule has 330 valence electrons. The van der Waals surface area contributed by atoms with E-state index in [4.69, 9.17) is 36.5 Å².